The summed E-state index contributed by atoms with van der Waals surface area (Å²) in [5.41, 5.74) is 0.749. The van der Waals surface area contributed by atoms with E-state index in [4.69, 9.17) is 48.8 Å². The number of aromatic nitrogens is 2. The topological polar surface area (TPSA) is 111 Å². The van der Waals surface area contributed by atoms with Crippen LogP contribution in [-0.2, 0) is 9.09 Å². The third-order valence-electron chi connectivity index (χ3n) is 4.22. The predicted octanol–water partition coefficient (Wildman–Crippen LogP) is 6.36. The molecule has 0 saturated heterocycles. The zero-order valence-electron chi connectivity index (χ0n) is 16.7. The summed E-state index contributed by atoms with van der Waals surface area (Å²) in [7, 11) is -4.80. The smallest absolute Gasteiger partial charge is 0.462 e. The fraction of sp³-hybridized carbons (Fsp3) is 0.444. The fourth-order valence-electron chi connectivity index (χ4n) is 2.60. The Kier molecular flexibility index (Phi) is 8.38. The van der Waals surface area contributed by atoms with Gasteiger partial charge in [0, 0.05) is 31.0 Å². The summed E-state index contributed by atoms with van der Waals surface area (Å²) in [4.78, 5) is 18.4. The molecule has 2 N–H and O–H groups in total. The van der Waals surface area contributed by atoms with Crippen LogP contribution in [0.15, 0.2) is 18.2 Å². The van der Waals surface area contributed by atoms with E-state index in [2.05, 4.69) is 10.2 Å². The highest BCUT2D eigenvalue weighted by Gasteiger charge is 2.37. The van der Waals surface area contributed by atoms with E-state index in [1.54, 1.807) is 19.9 Å². The molecule has 0 aliphatic carbocycles. The molecule has 0 saturated carbocycles. The van der Waals surface area contributed by atoms with E-state index in [1.807, 2.05) is 13.8 Å². The number of hydrogen-bond acceptors (Lipinski definition) is 6. The first-order valence-electron chi connectivity index (χ1n) is 9.05. The van der Waals surface area contributed by atoms with Crippen molar-refractivity contribution in [3.8, 4) is 17.4 Å². The Bertz CT molecular complexity index is 927. The molecule has 0 radical (unpaired) electrons. The molecule has 1 heterocycles. The van der Waals surface area contributed by atoms with E-state index >= 15 is 0 Å². The van der Waals surface area contributed by atoms with Gasteiger partial charge >= 0.3 is 7.82 Å². The molecule has 0 unspecified atom stereocenters. The molecule has 0 fully saturated rings. The van der Waals surface area contributed by atoms with Crippen LogP contribution < -0.4 is 9.47 Å². The predicted molar refractivity (Wildman–Crippen MR) is 115 cm³/mol. The molecule has 0 bridgehead atoms. The highest BCUT2D eigenvalue weighted by atomic mass is 35.5. The lowest BCUT2D eigenvalue weighted by Gasteiger charge is -2.32. The van der Waals surface area contributed by atoms with Crippen LogP contribution >= 0.6 is 42.6 Å². The Balaban J connectivity index is 2.33. The van der Waals surface area contributed by atoms with Crippen molar-refractivity contribution in [1.82, 2.24) is 10.2 Å². The second kappa shape index (κ2) is 10.0. The first kappa shape index (κ1) is 25.1. The Morgan fingerprint density at radius 1 is 1.07 bits per heavy atom. The number of benzene rings is 1. The minimum atomic E-state index is -4.80. The van der Waals surface area contributed by atoms with Crippen molar-refractivity contribution in [1.29, 1.82) is 0 Å². The largest absolute Gasteiger partial charge is 0.472 e. The fourth-order valence-corrected chi connectivity index (χ4v) is 4.18. The van der Waals surface area contributed by atoms with Crippen LogP contribution in [0.5, 0.6) is 17.4 Å². The van der Waals surface area contributed by atoms with Crippen LogP contribution in [0.2, 0.25) is 15.2 Å². The van der Waals surface area contributed by atoms with Gasteiger partial charge in [-0.15, -0.1) is 10.2 Å². The Morgan fingerprint density at radius 2 is 1.63 bits per heavy atom. The van der Waals surface area contributed by atoms with Gasteiger partial charge in [-0.1, -0.05) is 62.5 Å². The number of ether oxygens (including phenoxy) is 2. The van der Waals surface area contributed by atoms with Gasteiger partial charge in [0.1, 0.15) is 5.75 Å². The maximum atomic E-state index is 11.3. The van der Waals surface area contributed by atoms with E-state index in [0.29, 0.717) is 0 Å². The molecule has 8 nitrogen and oxygen atoms in total. The summed E-state index contributed by atoms with van der Waals surface area (Å²) in [5.74, 6) is -1.03. The van der Waals surface area contributed by atoms with Crippen molar-refractivity contribution >= 4 is 42.6 Å². The van der Waals surface area contributed by atoms with Gasteiger partial charge in [-0.3, -0.25) is 0 Å². The monoisotopic (exact) mass is 498 g/mol. The van der Waals surface area contributed by atoms with Gasteiger partial charge in [0.2, 0.25) is 11.7 Å². The molecule has 2 rings (SSSR count). The molecule has 0 aliphatic heterocycles. The van der Waals surface area contributed by atoms with Crippen molar-refractivity contribution in [2.45, 2.75) is 52.2 Å². The molecule has 0 amide bonds. The van der Waals surface area contributed by atoms with Crippen molar-refractivity contribution < 1.29 is 28.3 Å². The molecular formula is C18H22Cl3N2O6P. The van der Waals surface area contributed by atoms with Gasteiger partial charge in [-0.05, 0) is 11.5 Å². The summed E-state index contributed by atoms with van der Waals surface area (Å²) >= 11 is 18.7. The molecule has 0 aliphatic rings. The van der Waals surface area contributed by atoms with Crippen molar-refractivity contribution in [2.75, 3.05) is 0 Å². The van der Waals surface area contributed by atoms with Crippen LogP contribution in [-0.4, -0.2) is 25.8 Å². The molecule has 1 aromatic carbocycles. The highest BCUT2D eigenvalue weighted by molar-refractivity contribution is 7.46. The summed E-state index contributed by atoms with van der Waals surface area (Å²) in [6.07, 6.45) is 0.334. The van der Waals surface area contributed by atoms with Crippen molar-refractivity contribution in [2.24, 2.45) is 0 Å². The summed E-state index contributed by atoms with van der Waals surface area (Å²) < 4.78 is 27.6. The highest BCUT2D eigenvalue weighted by Crippen LogP contribution is 2.46. The Labute approximate surface area is 189 Å². The van der Waals surface area contributed by atoms with E-state index in [1.165, 1.54) is 12.1 Å². The molecule has 12 heteroatoms. The molecule has 166 valence electrons. The number of rotatable bonds is 9. The van der Waals surface area contributed by atoms with Gasteiger partial charge in [0.25, 0.3) is 0 Å². The van der Waals surface area contributed by atoms with Gasteiger partial charge in [-0.25, -0.2) is 9.09 Å². The van der Waals surface area contributed by atoms with E-state index < -0.39 is 13.6 Å². The number of phosphoric acid groups is 1. The average molecular weight is 500 g/mol. The van der Waals surface area contributed by atoms with Crippen LogP contribution in [0.1, 0.15) is 52.0 Å². The molecule has 30 heavy (non-hydrogen) atoms. The second-order valence-electron chi connectivity index (χ2n) is 6.70. The summed E-state index contributed by atoms with van der Waals surface area (Å²) in [5, 5.41) is 8.22. The lowest BCUT2D eigenvalue weighted by atomic mass is 10.1. The standard InChI is InChI=1S/C18H22Cl3N2O6P/c1-5-18(6-2,29-30(24,25)26)28-11-7-13(19)16(14(20)8-11)27-15-9-12(10(3)4)17(21)23-22-15/h7-10H,5-6H2,1-4H3,(H2,24,25,26). The maximum absolute atomic E-state index is 11.3. The van der Waals surface area contributed by atoms with E-state index in [-0.39, 0.29) is 51.3 Å². The summed E-state index contributed by atoms with van der Waals surface area (Å²) in [6.45, 7) is 7.25. The normalized spacial score (nSPS) is 12.3. The lowest BCUT2D eigenvalue weighted by molar-refractivity contribution is -0.131. The minimum Gasteiger partial charge on any atom is -0.462 e. The van der Waals surface area contributed by atoms with Crippen molar-refractivity contribution in [3.05, 3.63) is 39.0 Å². The number of hydrogen-bond donors (Lipinski definition) is 2. The average Bonchev–Trinajstić information content (AvgIpc) is 2.64. The van der Waals surface area contributed by atoms with Crippen LogP contribution in [0.3, 0.4) is 0 Å². The zero-order chi connectivity index (χ0) is 22.7. The quantitative estimate of drug-likeness (QED) is 0.303. The molecule has 0 atom stereocenters. The maximum Gasteiger partial charge on any atom is 0.472 e. The third-order valence-corrected chi connectivity index (χ3v) is 5.65. The molecule has 1 aromatic heterocycles. The molecule has 2 aromatic rings. The first-order valence-corrected chi connectivity index (χ1v) is 11.7. The van der Waals surface area contributed by atoms with Crippen molar-refractivity contribution in [3.63, 3.8) is 0 Å². The van der Waals surface area contributed by atoms with Gasteiger partial charge in [-0.2, -0.15) is 0 Å². The first-order chi connectivity index (χ1) is 13.9. The van der Waals surface area contributed by atoms with E-state index in [0.717, 1.165) is 5.56 Å². The number of phosphoric ester groups is 1. The third kappa shape index (κ3) is 6.44. The Morgan fingerprint density at radius 3 is 2.10 bits per heavy atom. The van der Waals surface area contributed by atoms with Crippen LogP contribution in [0.25, 0.3) is 0 Å². The second-order valence-corrected chi connectivity index (χ2v) is 9.04. The SMILES string of the molecule is CCC(CC)(Oc1cc(Cl)c(Oc2cc(C(C)C)c(Cl)nn2)c(Cl)c1)OP(=O)(O)O. The molecular weight excluding hydrogens is 478 g/mol. The lowest BCUT2D eigenvalue weighted by Crippen LogP contribution is -2.37. The zero-order valence-corrected chi connectivity index (χ0v) is 19.9. The van der Waals surface area contributed by atoms with Crippen LogP contribution in [0.4, 0.5) is 0 Å². The number of halogens is 3. The molecule has 0 spiro atoms. The summed E-state index contributed by atoms with van der Waals surface area (Å²) in [6, 6.07) is 4.45. The minimum absolute atomic E-state index is 0.0950. The van der Waals surface area contributed by atoms with Gasteiger partial charge in [0.05, 0.1) is 10.0 Å². The van der Waals surface area contributed by atoms with Gasteiger partial charge in [0.15, 0.2) is 10.9 Å². The van der Waals surface area contributed by atoms with Crippen LogP contribution in [0, 0.1) is 0 Å². The Hall–Kier alpha value is -1.12. The van der Waals surface area contributed by atoms with Gasteiger partial charge < -0.3 is 19.3 Å². The van der Waals surface area contributed by atoms with E-state index in [9.17, 15) is 14.4 Å². The number of nitrogens with zero attached hydrogens (tertiary/aromatic N) is 2.